The zero-order valence-corrected chi connectivity index (χ0v) is 7.27. The minimum absolute atomic E-state index is 0.101. The summed E-state index contributed by atoms with van der Waals surface area (Å²) in [5, 5.41) is 6.68. The molecule has 0 aromatic rings. The summed E-state index contributed by atoms with van der Waals surface area (Å²) >= 11 is 1.46. The largest absolute Gasteiger partial charge is 0.330 e. The lowest BCUT2D eigenvalue weighted by Crippen LogP contribution is -2.58. The van der Waals surface area contributed by atoms with Gasteiger partial charge in [0, 0.05) is 0 Å². The van der Waals surface area contributed by atoms with Gasteiger partial charge in [0.2, 0.25) is 5.91 Å². The fourth-order valence-electron chi connectivity index (χ4n) is 1.33. The SMILES string of the molecule is CC1=CSC2C(=O)NC(=O)NC12. The van der Waals surface area contributed by atoms with Crippen LogP contribution in [0.15, 0.2) is 11.0 Å². The number of carbonyl (C=O) groups excluding carboxylic acids is 2. The molecular weight excluding hydrogens is 176 g/mol. The zero-order valence-electron chi connectivity index (χ0n) is 6.46. The van der Waals surface area contributed by atoms with E-state index in [1.165, 1.54) is 11.8 Å². The summed E-state index contributed by atoms with van der Waals surface area (Å²) in [4.78, 5) is 22.1. The fourth-order valence-corrected chi connectivity index (χ4v) is 2.46. The third-order valence-corrected chi connectivity index (χ3v) is 3.26. The number of amides is 3. The number of rotatable bonds is 0. The van der Waals surface area contributed by atoms with Gasteiger partial charge in [-0.1, -0.05) is 0 Å². The van der Waals surface area contributed by atoms with E-state index in [4.69, 9.17) is 0 Å². The Bertz CT molecular complexity index is 287. The van der Waals surface area contributed by atoms with E-state index in [2.05, 4.69) is 10.6 Å². The molecule has 5 heteroatoms. The minimum atomic E-state index is -0.392. The molecule has 2 atom stereocenters. The molecule has 12 heavy (non-hydrogen) atoms. The summed E-state index contributed by atoms with van der Waals surface area (Å²) in [5.74, 6) is -0.193. The third-order valence-electron chi connectivity index (χ3n) is 1.98. The van der Waals surface area contributed by atoms with Crippen LogP contribution in [0.3, 0.4) is 0 Å². The number of thioether (sulfide) groups is 1. The summed E-state index contributed by atoms with van der Waals surface area (Å²) < 4.78 is 0. The molecule has 0 spiro atoms. The topological polar surface area (TPSA) is 58.2 Å². The predicted molar refractivity (Wildman–Crippen MR) is 45.6 cm³/mol. The zero-order chi connectivity index (χ0) is 8.72. The van der Waals surface area contributed by atoms with Crippen molar-refractivity contribution < 1.29 is 9.59 Å². The van der Waals surface area contributed by atoms with E-state index in [0.29, 0.717) is 0 Å². The van der Waals surface area contributed by atoms with Crippen LogP contribution in [0.4, 0.5) is 4.79 Å². The maximum Gasteiger partial charge on any atom is 0.321 e. The number of fused-ring (bicyclic) bond motifs is 1. The molecule has 2 aliphatic heterocycles. The van der Waals surface area contributed by atoms with Gasteiger partial charge in [0.1, 0.15) is 5.25 Å². The second-order valence-corrected chi connectivity index (χ2v) is 3.87. The van der Waals surface area contributed by atoms with Crippen molar-refractivity contribution in [3.05, 3.63) is 11.0 Å². The van der Waals surface area contributed by atoms with Crippen molar-refractivity contribution in [3.8, 4) is 0 Å². The van der Waals surface area contributed by atoms with Gasteiger partial charge >= 0.3 is 6.03 Å². The van der Waals surface area contributed by atoms with E-state index < -0.39 is 6.03 Å². The molecule has 0 aliphatic carbocycles. The molecule has 0 saturated carbocycles. The number of carbonyl (C=O) groups is 2. The van der Waals surface area contributed by atoms with Crippen molar-refractivity contribution in [1.29, 1.82) is 0 Å². The smallest absolute Gasteiger partial charge is 0.321 e. The number of imide groups is 1. The van der Waals surface area contributed by atoms with Crippen molar-refractivity contribution in [3.63, 3.8) is 0 Å². The Morgan fingerprint density at radius 2 is 2.25 bits per heavy atom. The highest BCUT2D eigenvalue weighted by atomic mass is 32.2. The van der Waals surface area contributed by atoms with Gasteiger partial charge in [0.25, 0.3) is 0 Å². The second kappa shape index (κ2) is 2.52. The van der Waals surface area contributed by atoms with Crippen molar-refractivity contribution in [2.24, 2.45) is 0 Å². The molecule has 4 nitrogen and oxygen atoms in total. The van der Waals surface area contributed by atoms with Gasteiger partial charge < -0.3 is 5.32 Å². The van der Waals surface area contributed by atoms with E-state index in [1.807, 2.05) is 12.3 Å². The molecular formula is C7H8N2O2S. The fraction of sp³-hybridized carbons (Fsp3) is 0.429. The maximum absolute atomic E-state index is 11.2. The first-order valence-corrected chi connectivity index (χ1v) is 4.56. The Balaban J connectivity index is 2.24. The standard InChI is InChI=1S/C7H8N2O2S/c1-3-2-12-5-4(3)8-7(11)9-6(5)10/h2,4-5H,1H3,(H2,8,9,10,11). The lowest BCUT2D eigenvalue weighted by molar-refractivity contribution is -0.120. The molecule has 3 amide bonds. The van der Waals surface area contributed by atoms with Crippen LogP contribution in [-0.4, -0.2) is 23.2 Å². The van der Waals surface area contributed by atoms with Crippen LogP contribution in [0.5, 0.6) is 0 Å². The lowest BCUT2D eigenvalue weighted by Gasteiger charge is -2.26. The molecule has 1 fully saturated rings. The Kier molecular flexibility index (Phi) is 1.61. The minimum Gasteiger partial charge on any atom is -0.330 e. The number of hydrogen-bond donors (Lipinski definition) is 2. The summed E-state index contributed by atoms with van der Waals surface area (Å²) in [7, 11) is 0. The summed E-state index contributed by atoms with van der Waals surface area (Å²) in [6.07, 6.45) is 0. The molecule has 2 unspecified atom stereocenters. The van der Waals surface area contributed by atoms with Crippen LogP contribution in [-0.2, 0) is 4.79 Å². The van der Waals surface area contributed by atoms with Crippen LogP contribution in [0.1, 0.15) is 6.92 Å². The average Bonchev–Trinajstić information content (AvgIpc) is 2.33. The van der Waals surface area contributed by atoms with Gasteiger partial charge in [-0.25, -0.2) is 4.79 Å². The summed E-state index contributed by atoms with van der Waals surface area (Å²) in [5.41, 5.74) is 1.05. The lowest BCUT2D eigenvalue weighted by atomic mass is 10.1. The van der Waals surface area contributed by atoms with Gasteiger partial charge in [0.05, 0.1) is 6.04 Å². The molecule has 2 heterocycles. The Hall–Kier alpha value is -0.970. The van der Waals surface area contributed by atoms with E-state index in [9.17, 15) is 9.59 Å². The van der Waals surface area contributed by atoms with Gasteiger partial charge in [-0.05, 0) is 17.9 Å². The molecule has 2 aliphatic rings. The number of nitrogens with one attached hydrogen (secondary N) is 2. The first kappa shape index (κ1) is 7.67. The van der Waals surface area contributed by atoms with Gasteiger partial charge in [0.15, 0.2) is 0 Å². The highest BCUT2D eigenvalue weighted by Crippen LogP contribution is 2.31. The molecule has 1 saturated heterocycles. The van der Waals surface area contributed by atoms with Crippen LogP contribution in [0, 0.1) is 0 Å². The Morgan fingerprint density at radius 1 is 1.50 bits per heavy atom. The molecule has 0 bridgehead atoms. The average molecular weight is 184 g/mol. The summed E-state index contributed by atoms with van der Waals surface area (Å²) in [6.45, 7) is 1.91. The molecule has 0 aromatic heterocycles. The van der Waals surface area contributed by atoms with Crippen molar-refractivity contribution >= 4 is 23.7 Å². The van der Waals surface area contributed by atoms with Crippen molar-refractivity contribution in [1.82, 2.24) is 10.6 Å². The third kappa shape index (κ3) is 1.01. The van der Waals surface area contributed by atoms with Crippen LogP contribution >= 0.6 is 11.8 Å². The highest BCUT2D eigenvalue weighted by Gasteiger charge is 2.39. The number of hydrogen-bond acceptors (Lipinski definition) is 3. The van der Waals surface area contributed by atoms with Crippen LogP contribution in [0.2, 0.25) is 0 Å². The van der Waals surface area contributed by atoms with E-state index in [-0.39, 0.29) is 17.2 Å². The molecule has 2 N–H and O–H groups in total. The molecule has 0 aromatic carbocycles. The highest BCUT2D eigenvalue weighted by molar-refractivity contribution is 8.03. The second-order valence-electron chi connectivity index (χ2n) is 2.86. The van der Waals surface area contributed by atoms with Gasteiger partial charge in [-0.15, -0.1) is 11.8 Å². The maximum atomic E-state index is 11.2. The first-order valence-electron chi connectivity index (χ1n) is 3.62. The van der Waals surface area contributed by atoms with Crippen molar-refractivity contribution in [2.45, 2.75) is 18.2 Å². The monoisotopic (exact) mass is 184 g/mol. The number of urea groups is 1. The normalized spacial score (nSPS) is 33.6. The van der Waals surface area contributed by atoms with Gasteiger partial charge in [-0.3, -0.25) is 10.1 Å². The summed E-state index contributed by atoms with van der Waals surface area (Å²) in [6, 6.07) is -0.493. The first-order chi connectivity index (χ1) is 5.68. The van der Waals surface area contributed by atoms with E-state index >= 15 is 0 Å². The molecule has 0 radical (unpaired) electrons. The Labute approximate surface area is 73.8 Å². The molecule has 2 rings (SSSR count). The molecule has 64 valence electrons. The Morgan fingerprint density at radius 3 is 3.00 bits per heavy atom. The quantitative estimate of drug-likeness (QED) is 0.566. The van der Waals surface area contributed by atoms with Crippen LogP contribution in [0.25, 0.3) is 0 Å². The van der Waals surface area contributed by atoms with E-state index in [0.717, 1.165) is 5.57 Å². The van der Waals surface area contributed by atoms with E-state index in [1.54, 1.807) is 0 Å². The predicted octanol–water partition coefficient (Wildman–Crippen LogP) is 0.214. The van der Waals surface area contributed by atoms with Gasteiger partial charge in [-0.2, -0.15) is 0 Å². The van der Waals surface area contributed by atoms with Crippen LogP contribution < -0.4 is 10.6 Å². The van der Waals surface area contributed by atoms with Crippen molar-refractivity contribution in [2.75, 3.05) is 0 Å².